The van der Waals surface area contributed by atoms with Gasteiger partial charge in [-0.2, -0.15) is 0 Å². The molecule has 0 saturated carbocycles. The van der Waals surface area contributed by atoms with Crippen molar-refractivity contribution in [2.75, 3.05) is 29.4 Å². The number of benzene rings is 1. The van der Waals surface area contributed by atoms with Crippen molar-refractivity contribution in [1.29, 1.82) is 0 Å². The van der Waals surface area contributed by atoms with E-state index in [-0.39, 0.29) is 24.4 Å². The molecule has 1 aromatic heterocycles. The lowest BCUT2D eigenvalue weighted by Crippen LogP contribution is -2.53. The average molecular weight is 355 g/mol. The molecule has 0 aliphatic carbocycles. The number of fused-ring (bicyclic) bond motifs is 1. The third kappa shape index (κ3) is 2.72. The monoisotopic (exact) mass is 355 g/mol. The summed E-state index contributed by atoms with van der Waals surface area (Å²) in [6.45, 7) is 6.91. The van der Waals surface area contributed by atoms with E-state index in [2.05, 4.69) is 21.8 Å². The molecule has 26 heavy (non-hydrogen) atoms. The Morgan fingerprint density at radius 1 is 1.35 bits per heavy atom. The fourth-order valence-electron chi connectivity index (χ4n) is 3.92. The van der Waals surface area contributed by atoms with Crippen molar-refractivity contribution in [2.45, 2.75) is 32.9 Å². The Hall–Kier alpha value is -2.54. The number of para-hydroxylation sites is 1. The Morgan fingerprint density at radius 3 is 2.92 bits per heavy atom. The van der Waals surface area contributed by atoms with Crippen LogP contribution in [0.3, 0.4) is 0 Å². The first kappa shape index (κ1) is 16.9. The Bertz CT molecular complexity index is 822. The van der Waals surface area contributed by atoms with Crippen LogP contribution in [-0.2, 0) is 6.54 Å². The molecule has 1 aromatic carbocycles. The summed E-state index contributed by atoms with van der Waals surface area (Å²) in [4.78, 5) is 27.4. The first-order valence-corrected chi connectivity index (χ1v) is 8.97. The van der Waals surface area contributed by atoms with Crippen molar-refractivity contribution in [1.82, 2.24) is 14.9 Å². The summed E-state index contributed by atoms with van der Waals surface area (Å²) in [5.74, 6) is 0.262. The number of anilines is 2. The number of rotatable bonds is 3. The largest absolute Gasteiger partial charge is 0.330 e. The van der Waals surface area contributed by atoms with E-state index >= 15 is 0 Å². The molecular weight excluding hydrogens is 333 g/mol. The van der Waals surface area contributed by atoms with E-state index in [4.69, 9.17) is 0 Å². The zero-order chi connectivity index (χ0) is 18.3. The molecule has 2 aliphatic heterocycles. The number of amides is 2. The summed E-state index contributed by atoms with van der Waals surface area (Å²) >= 11 is 0. The van der Waals surface area contributed by atoms with Crippen LogP contribution in [0.15, 0.2) is 30.7 Å². The van der Waals surface area contributed by atoms with Gasteiger partial charge in [-0.15, -0.1) is 0 Å². The van der Waals surface area contributed by atoms with Crippen LogP contribution in [0.1, 0.15) is 24.5 Å². The second kappa shape index (κ2) is 6.64. The lowest BCUT2D eigenvalue weighted by Gasteiger charge is -2.39. The number of likely N-dealkylation sites (tertiary alicyclic amines) is 1. The maximum atomic E-state index is 14.6. The molecule has 3 heterocycles. The van der Waals surface area contributed by atoms with Gasteiger partial charge in [-0.25, -0.2) is 19.2 Å². The normalized spacial score (nSPS) is 20.6. The first-order valence-electron chi connectivity index (χ1n) is 8.97. The van der Waals surface area contributed by atoms with E-state index in [1.165, 1.54) is 17.3 Å². The molecule has 2 amide bonds. The number of nitrogens with zero attached hydrogens (tertiary/aromatic N) is 5. The lowest BCUT2D eigenvalue weighted by atomic mass is 10.1. The number of likely N-dealkylation sites (N-methyl/N-ethyl adjacent to an activating group) is 1. The molecule has 2 aliphatic rings. The van der Waals surface area contributed by atoms with E-state index in [1.54, 1.807) is 17.2 Å². The van der Waals surface area contributed by atoms with Crippen molar-refractivity contribution in [2.24, 2.45) is 0 Å². The Balaban J connectivity index is 1.77. The molecule has 6 nitrogen and oxygen atoms in total. The van der Waals surface area contributed by atoms with E-state index in [0.29, 0.717) is 11.5 Å². The molecule has 7 heteroatoms. The third-order valence-electron chi connectivity index (χ3n) is 5.28. The second-order valence-electron chi connectivity index (χ2n) is 6.85. The van der Waals surface area contributed by atoms with Crippen LogP contribution < -0.4 is 9.80 Å². The molecule has 136 valence electrons. The number of carbonyl (C=O) groups excluding carboxylic acids is 1. The highest BCUT2D eigenvalue weighted by Crippen LogP contribution is 2.35. The quantitative estimate of drug-likeness (QED) is 0.849. The topological polar surface area (TPSA) is 52.6 Å². The van der Waals surface area contributed by atoms with Gasteiger partial charge in [0, 0.05) is 24.8 Å². The van der Waals surface area contributed by atoms with Gasteiger partial charge in [-0.3, -0.25) is 9.80 Å². The van der Waals surface area contributed by atoms with Crippen LogP contribution >= 0.6 is 0 Å². The minimum Gasteiger partial charge on any atom is -0.301 e. The third-order valence-corrected chi connectivity index (χ3v) is 5.28. The molecule has 2 aromatic rings. The lowest BCUT2D eigenvalue weighted by molar-refractivity contribution is 0.246. The van der Waals surface area contributed by atoms with Gasteiger partial charge in [-0.1, -0.05) is 19.1 Å². The van der Waals surface area contributed by atoms with E-state index in [0.717, 1.165) is 37.2 Å². The van der Waals surface area contributed by atoms with Crippen LogP contribution in [0.2, 0.25) is 0 Å². The molecule has 0 radical (unpaired) electrons. The van der Waals surface area contributed by atoms with Crippen molar-refractivity contribution in [3.05, 3.63) is 47.7 Å². The fourth-order valence-corrected chi connectivity index (χ4v) is 3.92. The van der Waals surface area contributed by atoms with Gasteiger partial charge in [0.15, 0.2) is 0 Å². The SMILES string of the molecule is CCN1CCC(N2C(=O)N(c3c(C)cccc3F)Cc3cncnc32)C1. The summed E-state index contributed by atoms with van der Waals surface area (Å²) in [5.41, 5.74) is 1.91. The Kier molecular flexibility index (Phi) is 4.32. The minimum atomic E-state index is -0.389. The minimum absolute atomic E-state index is 0.0333. The number of aryl methyl sites for hydroxylation is 1. The summed E-state index contributed by atoms with van der Waals surface area (Å²) in [6.07, 6.45) is 4.07. The van der Waals surface area contributed by atoms with Crippen LogP contribution in [0.25, 0.3) is 0 Å². The number of halogens is 1. The van der Waals surface area contributed by atoms with Crippen molar-refractivity contribution in [3.8, 4) is 0 Å². The molecule has 1 atom stereocenters. The highest BCUT2D eigenvalue weighted by molar-refractivity contribution is 6.06. The summed E-state index contributed by atoms with van der Waals surface area (Å²) < 4.78 is 14.6. The van der Waals surface area contributed by atoms with E-state index in [1.807, 2.05) is 13.0 Å². The molecule has 1 saturated heterocycles. The smallest absolute Gasteiger partial charge is 0.301 e. The zero-order valence-electron chi connectivity index (χ0n) is 15.0. The van der Waals surface area contributed by atoms with E-state index < -0.39 is 0 Å². The summed E-state index contributed by atoms with van der Waals surface area (Å²) in [5, 5.41) is 0. The van der Waals surface area contributed by atoms with Crippen LogP contribution in [0, 0.1) is 12.7 Å². The van der Waals surface area contributed by atoms with Gasteiger partial charge in [0.05, 0.1) is 18.3 Å². The number of urea groups is 1. The highest BCUT2D eigenvalue weighted by atomic mass is 19.1. The highest BCUT2D eigenvalue weighted by Gasteiger charge is 2.40. The Morgan fingerprint density at radius 2 is 2.19 bits per heavy atom. The molecule has 4 rings (SSSR count). The number of hydrogen-bond acceptors (Lipinski definition) is 4. The maximum Gasteiger partial charge on any atom is 0.330 e. The number of carbonyl (C=O) groups is 1. The Labute approximate surface area is 152 Å². The average Bonchev–Trinajstić information content (AvgIpc) is 3.10. The molecule has 0 N–H and O–H groups in total. The standard InChI is InChI=1S/C19H22FN5O/c1-3-23-8-7-15(11-23)25-18-14(9-21-12-22-18)10-24(19(25)26)17-13(2)5-4-6-16(17)20/h4-6,9,12,15H,3,7-8,10-11H2,1-2H3. The summed E-state index contributed by atoms with van der Waals surface area (Å²) in [7, 11) is 0. The molecule has 0 bridgehead atoms. The van der Waals surface area contributed by atoms with Crippen LogP contribution in [0.5, 0.6) is 0 Å². The summed E-state index contributed by atoms with van der Waals surface area (Å²) in [6, 6.07) is 4.69. The number of hydrogen-bond donors (Lipinski definition) is 0. The first-order chi connectivity index (χ1) is 12.6. The van der Waals surface area contributed by atoms with E-state index in [9.17, 15) is 9.18 Å². The van der Waals surface area contributed by atoms with Crippen molar-refractivity contribution in [3.63, 3.8) is 0 Å². The molecule has 0 spiro atoms. The maximum absolute atomic E-state index is 14.6. The fraction of sp³-hybridized carbons (Fsp3) is 0.421. The van der Waals surface area contributed by atoms with Gasteiger partial charge >= 0.3 is 6.03 Å². The van der Waals surface area contributed by atoms with Gasteiger partial charge in [0.1, 0.15) is 18.0 Å². The predicted octanol–water partition coefficient (Wildman–Crippen LogP) is 2.96. The predicted molar refractivity (Wildman–Crippen MR) is 97.7 cm³/mol. The number of aromatic nitrogens is 2. The molecule has 1 unspecified atom stereocenters. The van der Waals surface area contributed by atoms with Gasteiger partial charge in [0.25, 0.3) is 0 Å². The van der Waals surface area contributed by atoms with Gasteiger partial charge < -0.3 is 4.90 Å². The van der Waals surface area contributed by atoms with Crippen molar-refractivity contribution >= 4 is 17.5 Å². The van der Waals surface area contributed by atoms with Gasteiger partial charge in [0.2, 0.25) is 0 Å². The second-order valence-corrected chi connectivity index (χ2v) is 6.85. The van der Waals surface area contributed by atoms with Crippen molar-refractivity contribution < 1.29 is 9.18 Å². The zero-order valence-corrected chi connectivity index (χ0v) is 15.0. The molecular formula is C19H22FN5O. The van der Waals surface area contributed by atoms with Crippen LogP contribution in [0.4, 0.5) is 20.7 Å². The van der Waals surface area contributed by atoms with Crippen LogP contribution in [-0.4, -0.2) is 46.6 Å². The van der Waals surface area contributed by atoms with Gasteiger partial charge in [-0.05, 0) is 31.5 Å². The molecule has 1 fully saturated rings.